The summed E-state index contributed by atoms with van der Waals surface area (Å²) in [6.45, 7) is 0. The molecule has 0 spiro atoms. The average molecular weight is 329 g/mol. The molecule has 2 unspecified atom stereocenters. The Morgan fingerprint density at radius 1 is 1.26 bits per heavy atom. The van der Waals surface area contributed by atoms with Crippen LogP contribution in [-0.4, -0.2) is 35.0 Å². The topological polar surface area (TPSA) is 57.6 Å². The van der Waals surface area contributed by atoms with Gasteiger partial charge in [0, 0.05) is 18.7 Å². The Bertz CT molecular complexity index is 600. The number of benzene rings is 1. The van der Waals surface area contributed by atoms with Crippen LogP contribution in [0.3, 0.4) is 0 Å². The van der Waals surface area contributed by atoms with Crippen molar-refractivity contribution in [3.8, 4) is 0 Å². The lowest BCUT2D eigenvalue weighted by Gasteiger charge is -2.34. The van der Waals surface area contributed by atoms with Gasteiger partial charge in [0.25, 0.3) is 5.91 Å². The van der Waals surface area contributed by atoms with Gasteiger partial charge in [0.05, 0.1) is 11.5 Å². The lowest BCUT2D eigenvalue weighted by atomic mass is 9.85. The molecule has 0 saturated heterocycles. The van der Waals surface area contributed by atoms with Crippen LogP contribution in [0.5, 0.6) is 0 Å². The molecule has 1 aromatic carbocycles. The summed E-state index contributed by atoms with van der Waals surface area (Å²) in [6.07, 6.45) is -2.27. The van der Waals surface area contributed by atoms with Crippen LogP contribution < -0.4 is 0 Å². The Hall–Kier alpha value is -2.05. The van der Waals surface area contributed by atoms with Gasteiger partial charge in [0.2, 0.25) is 0 Å². The van der Waals surface area contributed by atoms with Gasteiger partial charge in [-0.3, -0.25) is 9.59 Å². The number of hydrogen-bond acceptors (Lipinski definition) is 2. The summed E-state index contributed by atoms with van der Waals surface area (Å²) in [7, 11) is 1.51. The molecule has 4 nitrogen and oxygen atoms in total. The largest absolute Gasteiger partial charge is 0.481 e. The third kappa shape index (κ3) is 4.03. The van der Waals surface area contributed by atoms with Gasteiger partial charge >= 0.3 is 12.1 Å². The number of nitrogens with zero attached hydrogens (tertiary/aromatic N) is 1. The summed E-state index contributed by atoms with van der Waals surface area (Å²) in [5, 5.41) is 9.09. The first-order valence-corrected chi connectivity index (χ1v) is 7.37. The number of aliphatic carboxylic acids is 1. The fraction of sp³-hybridized carbons (Fsp3) is 0.500. The zero-order chi connectivity index (χ0) is 17.2. The Balaban J connectivity index is 2.15. The molecule has 1 aliphatic carbocycles. The molecule has 1 fully saturated rings. The molecule has 7 heteroatoms. The maximum absolute atomic E-state index is 12.7. The van der Waals surface area contributed by atoms with Crippen LogP contribution in [-0.2, 0) is 11.0 Å². The molecule has 2 rings (SSSR count). The fourth-order valence-corrected chi connectivity index (χ4v) is 2.94. The Morgan fingerprint density at radius 3 is 2.57 bits per heavy atom. The number of hydrogen-bond donors (Lipinski definition) is 1. The summed E-state index contributed by atoms with van der Waals surface area (Å²) in [5.74, 6) is -1.92. The monoisotopic (exact) mass is 329 g/mol. The number of rotatable bonds is 3. The van der Waals surface area contributed by atoms with Crippen molar-refractivity contribution in [2.45, 2.75) is 37.9 Å². The Labute approximate surface area is 131 Å². The van der Waals surface area contributed by atoms with Gasteiger partial charge < -0.3 is 10.0 Å². The van der Waals surface area contributed by atoms with Crippen molar-refractivity contribution in [2.24, 2.45) is 5.92 Å². The van der Waals surface area contributed by atoms with Gasteiger partial charge in [0.1, 0.15) is 0 Å². The van der Waals surface area contributed by atoms with E-state index in [1.54, 1.807) is 0 Å². The molecule has 1 aliphatic rings. The third-order valence-corrected chi connectivity index (χ3v) is 4.30. The summed E-state index contributed by atoms with van der Waals surface area (Å²) >= 11 is 0. The first-order valence-electron chi connectivity index (χ1n) is 7.37. The van der Waals surface area contributed by atoms with Crippen molar-refractivity contribution in [2.75, 3.05) is 7.05 Å². The molecule has 0 aliphatic heterocycles. The van der Waals surface area contributed by atoms with E-state index in [-0.39, 0.29) is 11.6 Å². The van der Waals surface area contributed by atoms with Crippen molar-refractivity contribution in [1.82, 2.24) is 4.90 Å². The average Bonchev–Trinajstić information content (AvgIpc) is 2.53. The zero-order valence-electron chi connectivity index (χ0n) is 12.6. The molecule has 0 heterocycles. The second-order valence-electron chi connectivity index (χ2n) is 5.85. The summed E-state index contributed by atoms with van der Waals surface area (Å²) in [6, 6.07) is 4.01. The molecule has 2 atom stereocenters. The number of halogens is 3. The second kappa shape index (κ2) is 6.60. The molecular formula is C16H18F3NO3. The van der Waals surface area contributed by atoms with E-state index < -0.39 is 29.5 Å². The second-order valence-corrected chi connectivity index (χ2v) is 5.85. The maximum atomic E-state index is 12.7. The Kier molecular flexibility index (Phi) is 4.97. The van der Waals surface area contributed by atoms with Crippen molar-refractivity contribution >= 4 is 11.9 Å². The van der Waals surface area contributed by atoms with E-state index in [0.29, 0.717) is 25.7 Å². The van der Waals surface area contributed by atoms with Crippen molar-refractivity contribution in [1.29, 1.82) is 0 Å². The SMILES string of the molecule is CN(C(=O)c1cccc(C(F)(F)F)c1)C1CCCC(C(=O)O)C1. The van der Waals surface area contributed by atoms with Crippen LogP contribution in [0.15, 0.2) is 24.3 Å². The van der Waals surface area contributed by atoms with Crippen LogP contribution in [0.1, 0.15) is 41.6 Å². The van der Waals surface area contributed by atoms with E-state index in [4.69, 9.17) is 5.11 Å². The zero-order valence-corrected chi connectivity index (χ0v) is 12.6. The highest BCUT2D eigenvalue weighted by atomic mass is 19.4. The molecule has 1 amide bonds. The first-order chi connectivity index (χ1) is 10.7. The summed E-state index contributed by atoms with van der Waals surface area (Å²) < 4.78 is 38.2. The lowest BCUT2D eigenvalue weighted by Crippen LogP contribution is -2.41. The van der Waals surface area contributed by atoms with E-state index in [1.807, 2.05) is 0 Å². The molecule has 1 aromatic rings. The number of carboxylic acid groups (broad SMARTS) is 1. The molecule has 0 radical (unpaired) electrons. The van der Waals surface area contributed by atoms with Gasteiger partial charge in [-0.15, -0.1) is 0 Å². The maximum Gasteiger partial charge on any atom is 0.416 e. The van der Waals surface area contributed by atoms with Gasteiger partial charge in [-0.1, -0.05) is 12.5 Å². The highest BCUT2D eigenvalue weighted by Crippen LogP contribution is 2.31. The highest BCUT2D eigenvalue weighted by molar-refractivity contribution is 5.94. The molecule has 1 saturated carbocycles. The number of amides is 1. The summed E-state index contributed by atoms with van der Waals surface area (Å²) in [5.41, 5.74) is -0.913. The highest BCUT2D eigenvalue weighted by Gasteiger charge is 2.33. The minimum Gasteiger partial charge on any atom is -0.481 e. The van der Waals surface area contributed by atoms with E-state index in [9.17, 15) is 22.8 Å². The van der Waals surface area contributed by atoms with Crippen LogP contribution in [0.2, 0.25) is 0 Å². The quantitative estimate of drug-likeness (QED) is 0.924. The molecule has 126 valence electrons. The molecule has 1 N–H and O–H groups in total. The predicted molar refractivity (Wildman–Crippen MR) is 76.9 cm³/mol. The number of alkyl halides is 3. The summed E-state index contributed by atoms with van der Waals surface area (Å²) in [4.78, 5) is 24.9. The molecule has 0 aromatic heterocycles. The standard InChI is InChI=1S/C16H18F3NO3/c1-20(13-7-3-5-11(9-13)15(22)23)14(21)10-4-2-6-12(8-10)16(17,18)19/h2,4,6,8,11,13H,3,5,7,9H2,1H3,(H,22,23). The van der Waals surface area contributed by atoms with Crippen molar-refractivity contribution in [3.63, 3.8) is 0 Å². The number of carbonyl (C=O) groups excluding carboxylic acids is 1. The van der Waals surface area contributed by atoms with Crippen LogP contribution in [0.25, 0.3) is 0 Å². The van der Waals surface area contributed by atoms with Crippen LogP contribution in [0, 0.1) is 5.92 Å². The van der Waals surface area contributed by atoms with Gasteiger partial charge in [0.15, 0.2) is 0 Å². The molecule has 23 heavy (non-hydrogen) atoms. The number of carboxylic acids is 1. The van der Waals surface area contributed by atoms with E-state index in [2.05, 4.69) is 0 Å². The number of carbonyl (C=O) groups is 2. The van der Waals surface area contributed by atoms with Crippen molar-refractivity contribution < 1.29 is 27.9 Å². The minimum atomic E-state index is -4.51. The normalized spacial score (nSPS) is 21.7. The van der Waals surface area contributed by atoms with Gasteiger partial charge in [-0.2, -0.15) is 13.2 Å². The lowest BCUT2D eigenvalue weighted by molar-refractivity contribution is -0.143. The smallest absolute Gasteiger partial charge is 0.416 e. The van der Waals surface area contributed by atoms with E-state index in [0.717, 1.165) is 12.1 Å². The minimum absolute atomic E-state index is 0.0419. The van der Waals surface area contributed by atoms with Gasteiger partial charge in [-0.25, -0.2) is 0 Å². The molecular weight excluding hydrogens is 311 g/mol. The van der Waals surface area contributed by atoms with E-state index >= 15 is 0 Å². The van der Waals surface area contributed by atoms with E-state index in [1.165, 1.54) is 24.1 Å². The fourth-order valence-electron chi connectivity index (χ4n) is 2.94. The molecule has 0 bridgehead atoms. The van der Waals surface area contributed by atoms with Gasteiger partial charge in [-0.05, 0) is 37.5 Å². The predicted octanol–water partition coefficient (Wildman–Crippen LogP) is 3.42. The first kappa shape index (κ1) is 17.3. The van der Waals surface area contributed by atoms with Crippen molar-refractivity contribution in [3.05, 3.63) is 35.4 Å². The van der Waals surface area contributed by atoms with Crippen LogP contribution in [0.4, 0.5) is 13.2 Å². The van der Waals surface area contributed by atoms with Crippen LogP contribution >= 0.6 is 0 Å². The third-order valence-electron chi connectivity index (χ3n) is 4.30. The Morgan fingerprint density at radius 2 is 1.96 bits per heavy atom.